The molecule has 1 atom stereocenters. The van der Waals surface area contributed by atoms with Gasteiger partial charge in [0.15, 0.2) is 0 Å². The van der Waals surface area contributed by atoms with E-state index in [1.165, 1.54) is 9.13 Å². The predicted molar refractivity (Wildman–Crippen MR) is 95.5 cm³/mol. The summed E-state index contributed by atoms with van der Waals surface area (Å²) >= 11 is 8.54. The number of rotatable bonds is 8. The van der Waals surface area contributed by atoms with Crippen LogP contribution in [0.4, 0.5) is 0 Å². The van der Waals surface area contributed by atoms with E-state index >= 15 is 0 Å². The molecule has 1 aromatic rings. The molecular weight excluding hydrogens is 385 g/mol. The topological polar surface area (TPSA) is 21.3 Å². The number of ether oxygens (including phenoxy) is 1. The number of hydrogen-bond acceptors (Lipinski definition) is 2. The first kappa shape index (κ1) is 18.2. The molecule has 0 saturated heterocycles. The van der Waals surface area contributed by atoms with Gasteiger partial charge in [0, 0.05) is 21.7 Å². The van der Waals surface area contributed by atoms with Crippen molar-refractivity contribution >= 4 is 34.2 Å². The van der Waals surface area contributed by atoms with Crippen LogP contribution < -0.4 is 5.32 Å². The van der Waals surface area contributed by atoms with Gasteiger partial charge in [-0.2, -0.15) is 0 Å². The van der Waals surface area contributed by atoms with Gasteiger partial charge in [-0.25, -0.2) is 0 Å². The molecule has 0 bridgehead atoms. The second-order valence-corrected chi connectivity index (χ2v) is 7.27. The largest absolute Gasteiger partial charge is 0.379 e. The van der Waals surface area contributed by atoms with Gasteiger partial charge in [0.05, 0.1) is 5.60 Å². The zero-order valence-electron chi connectivity index (χ0n) is 12.8. The third-order valence-electron chi connectivity index (χ3n) is 3.56. The zero-order chi connectivity index (χ0) is 15.2. The summed E-state index contributed by atoms with van der Waals surface area (Å²) in [5.74, 6) is 0. The summed E-state index contributed by atoms with van der Waals surface area (Å²) in [4.78, 5) is 0. The van der Waals surface area contributed by atoms with E-state index in [2.05, 4.69) is 60.8 Å². The summed E-state index contributed by atoms with van der Waals surface area (Å²) in [5, 5.41) is 4.43. The fraction of sp³-hybridized carbons (Fsp3) is 0.625. The molecule has 4 heteroatoms. The van der Waals surface area contributed by atoms with Crippen LogP contribution in [0, 0.1) is 3.57 Å². The predicted octanol–water partition coefficient (Wildman–Crippen LogP) is 5.19. The highest BCUT2D eigenvalue weighted by molar-refractivity contribution is 14.1. The fourth-order valence-electron chi connectivity index (χ4n) is 2.06. The van der Waals surface area contributed by atoms with Crippen LogP contribution in [0.25, 0.3) is 0 Å². The van der Waals surface area contributed by atoms with Gasteiger partial charge in [-0.1, -0.05) is 18.5 Å². The minimum Gasteiger partial charge on any atom is -0.379 e. The standard InChI is InChI=1S/C16H25ClINO/c1-5-10-19-15(8-9-16(2,3)20-4)13-11-12(17)6-7-14(13)18/h6-7,11,15,19H,5,8-10H2,1-4H3. The summed E-state index contributed by atoms with van der Waals surface area (Å²) in [6.45, 7) is 7.46. The molecule has 0 aromatic heterocycles. The van der Waals surface area contributed by atoms with Crippen molar-refractivity contribution in [1.29, 1.82) is 0 Å². The van der Waals surface area contributed by atoms with Crippen LogP contribution in [0.15, 0.2) is 18.2 Å². The van der Waals surface area contributed by atoms with Crippen LogP contribution in [-0.2, 0) is 4.74 Å². The summed E-state index contributed by atoms with van der Waals surface area (Å²) in [7, 11) is 1.78. The number of halogens is 2. The van der Waals surface area contributed by atoms with Gasteiger partial charge < -0.3 is 10.1 Å². The number of nitrogens with one attached hydrogen (secondary N) is 1. The molecule has 20 heavy (non-hydrogen) atoms. The fourth-order valence-corrected chi connectivity index (χ4v) is 2.95. The van der Waals surface area contributed by atoms with Crippen LogP contribution in [0.2, 0.25) is 5.02 Å². The van der Waals surface area contributed by atoms with E-state index in [1.807, 2.05) is 6.07 Å². The number of hydrogen-bond donors (Lipinski definition) is 1. The van der Waals surface area contributed by atoms with Gasteiger partial charge in [0.2, 0.25) is 0 Å². The normalized spacial score (nSPS) is 13.5. The quantitative estimate of drug-likeness (QED) is 0.597. The second-order valence-electron chi connectivity index (χ2n) is 5.68. The maximum Gasteiger partial charge on any atom is 0.0623 e. The maximum absolute atomic E-state index is 6.16. The molecule has 0 aliphatic carbocycles. The van der Waals surface area contributed by atoms with Gasteiger partial charge in [0.25, 0.3) is 0 Å². The molecule has 2 nitrogen and oxygen atoms in total. The molecule has 0 fully saturated rings. The van der Waals surface area contributed by atoms with Gasteiger partial charge in [0.1, 0.15) is 0 Å². The van der Waals surface area contributed by atoms with Gasteiger partial charge in [-0.15, -0.1) is 0 Å². The average Bonchev–Trinajstić information content (AvgIpc) is 2.42. The van der Waals surface area contributed by atoms with Gasteiger partial charge in [-0.3, -0.25) is 0 Å². The lowest BCUT2D eigenvalue weighted by Gasteiger charge is -2.27. The molecule has 1 N–H and O–H groups in total. The van der Waals surface area contributed by atoms with Crippen molar-refractivity contribution in [3.63, 3.8) is 0 Å². The van der Waals surface area contributed by atoms with E-state index in [4.69, 9.17) is 16.3 Å². The second kappa shape index (κ2) is 8.57. The number of methoxy groups -OCH3 is 1. The molecule has 0 heterocycles. The molecular formula is C16H25ClINO. The summed E-state index contributed by atoms with van der Waals surface area (Å²) in [5.41, 5.74) is 1.20. The Balaban J connectivity index is 2.85. The SMILES string of the molecule is CCCNC(CCC(C)(C)OC)c1cc(Cl)ccc1I. The molecule has 0 radical (unpaired) electrons. The van der Waals surface area contributed by atoms with Crippen molar-refractivity contribution in [1.82, 2.24) is 5.32 Å². The molecule has 1 unspecified atom stereocenters. The third-order valence-corrected chi connectivity index (χ3v) is 4.78. The molecule has 0 aliphatic heterocycles. The molecule has 0 spiro atoms. The van der Waals surface area contributed by atoms with Crippen molar-refractivity contribution in [3.8, 4) is 0 Å². The monoisotopic (exact) mass is 409 g/mol. The van der Waals surface area contributed by atoms with E-state index < -0.39 is 0 Å². The smallest absolute Gasteiger partial charge is 0.0623 e. The Morgan fingerprint density at radius 2 is 2.10 bits per heavy atom. The zero-order valence-corrected chi connectivity index (χ0v) is 15.7. The first-order valence-corrected chi connectivity index (χ1v) is 8.58. The van der Waals surface area contributed by atoms with Crippen molar-refractivity contribution < 1.29 is 4.74 Å². The lowest BCUT2D eigenvalue weighted by atomic mass is 9.95. The van der Waals surface area contributed by atoms with E-state index in [9.17, 15) is 0 Å². The summed E-state index contributed by atoms with van der Waals surface area (Å²) in [6, 6.07) is 6.44. The Labute approximate surface area is 141 Å². The Kier molecular flexibility index (Phi) is 7.80. The van der Waals surface area contributed by atoms with Crippen molar-refractivity contribution in [2.45, 2.75) is 51.7 Å². The maximum atomic E-state index is 6.16. The lowest BCUT2D eigenvalue weighted by Crippen LogP contribution is -2.28. The van der Waals surface area contributed by atoms with Gasteiger partial charge >= 0.3 is 0 Å². The minimum absolute atomic E-state index is 0.0871. The Morgan fingerprint density at radius 3 is 2.70 bits per heavy atom. The van der Waals surface area contributed by atoms with E-state index in [-0.39, 0.29) is 5.60 Å². The highest BCUT2D eigenvalue weighted by atomic mass is 127. The molecule has 0 saturated carbocycles. The highest BCUT2D eigenvalue weighted by Gasteiger charge is 2.21. The van der Waals surface area contributed by atoms with E-state index in [0.717, 1.165) is 30.8 Å². The first-order chi connectivity index (χ1) is 9.39. The van der Waals surface area contributed by atoms with E-state index in [0.29, 0.717) is 6.04 Å². The Morgan fingerprint density at radius 1 is 1.40 bits per heavy atom. The van der Waals surface area contributed by atoms with Crippen LogP contribution in [0.3, 0.4) is 0 Å². The molecule has 0 amide bonds. The van der Waals surface area contributed by atoms with Crippen LogP contribution >= 0.6 is 34.2 Å². The van der Waals surface area contributed by atoms with Crippen LogP contribution in [0.1, 0.15) is 51.6 Å². The minimum atomic E-state index is -0.0871. The van der Waals surface area contributed by atoms with E-state index in [1.54, 1.807) is 7.11 Å². The highest BCUT2D eigenvalue weighted by Crippen LogP contribution is 2.29. The van der Waals surface area contributed by atoms with Crippen LogP contribution in [0.5, 0.6) is 0 Å². The number of benzene rings is 1. The average molecular weight is 410 g/mol. The third kappa shape index (κ3) is 5.88. The van der Waals surface area contributed by atoms with Crippen molar-refractivity contribution in [3.05, 3.63) is 32.4 Å². The van der Waals surface area contributed by atoms with Gasteiger partial charge in [-0.05, 0) is 86.0 Å². The van der Waals surface area contributed by atoms with Crippen molar-refractivity contribution in [2.24, 2.45) is 0 Å². The summed E-state index contributed by atoms with van der Waals surface area (Å²) in [6.07, 6.45) is 3.17. The molecule has 114 valence electrons. The van der Waals surface area contributed by atoms with Crippen molar-refractivity contribution in [2.75, 3.05) is 13.7 Å². The first-order valence-electron chi connectivity index (χ1n) is 7.13. The molecule has 1 aromatic carbocycles. The Hall–Kier alpha value is 0.160. The van der Waals surface area contributed by atoms with Crippen LogP contribution in [-0.4, -0.2) is 19.3 Å². The summed E-state index contributed by atoms with van der Waals surface area (Å²) < 4.78 is 6.79. The molecule has 0 aliphatic rings. The lowest BCUT2D eigenvalue weighted by molar-refractivity contribution is 0.0116. The molecule has 1 rings (SSSR count). The Bertz CT molecular complexity index is 423.